The van der Waals surface area contributed by atoms with E-state index in [-0.39, 0.29) is 16.7 Å². The van der Waals surface area contributed by atoms with Crippen LogP contribution in [-0.2, 0) is 4.74 Å². The van der Waals surface area contributed by atoms with Crippen LogP contribution in [0.5, 0.6) is 0 Å². The lowest BCUT2D eigenvalue weighted by Gasteiger charge is -2.23. The Hall–Kier alpha value is -1.14. The molecule has 19 heavy (non-hydrogen) atoms. The van der Waals surface area contributed by atoms with E-state index in [1.54, 1.807) is 19.1 Å². The SMILES string of the molecule is Cc1cc(NCC2CCCCO2)c(Br)cc1[N+](=O)[O-]. The summed E-state index contributed by atoms with van der Waals surface area (Å²) in [6.45, 7) is 3.30. The summed E-state index contributed by atoms with van der Waals surface area (Å²) in [5, 5.41) is 14.1. The smallest absolute Gasteiger partial charge is 0.273 e. The number of hydrogen-bond acceptors (Lipinski definition) is 4. The molecule has 0 saturated carbocycles. The molecule has 6 heteroatoms. The minimum atomic E-state index is -0.367. The number of halogens is 1. The van der Waals surface area contributed by atoms with E-state index >= 15 is 0 Å². The zero-order valence-electron chi connectivity index (χ0n) is 10.8. The van der Waals surface area contributed by atoms with Crippen LogP contribution < -0.4 is 5.32 Å². The van der Waals surface area contributed by atoms with E-state index in [0.717, 1.165) is 31.7 Å². The van der Waals surface area contributed by atoms with E-state index in [1.807, 2.05) is 0 Å². The Labute approximate surface area is 120 Å². The van der Waals surface area contributed by atoms with E-state index < -0.39 is 0 Å². The van der Waals surface area contributed by atoms with Gasteiger partial charge in [-0.3, -0.25) is 10.1 Å². The van der Waals surface area contributed by atoms with Crippen LogP contribution in [0.2, 0.25) is 0 Å². The highest BCUT2D eigenvalue weighted by molar-refractivity contribution is 9.10. The molecule has 0 radical (unpaired) electrons. The number of benzene rings is 1. The van der Waals surface area contributed by atoms with Crippen molar-refractivity contribution < 1.29 is 9.66 Å². The van der Waals surface area contributed by atoms with Crippen LogP contribution in [0.1, 0.15) is 24.8 Å². The molecule has 1 unspecified atom stereocenters. The molecular weight excluding hydrogens is 312 g/mol. The number of rotatable bonds is 4. The predicted octanol–water partition coefficient (Wildman–Crippen LogP) is 3.65. The van der Waals surface area contributed by atoms with Gasteiger partial charge in [0, 0.05) is 34.9 Å². The van der Waals surface area contributed by atoms with E-state index in [1.165, 1.54) is 6.42 Å². The molecule has 0 aromatic heterocycles. The van der Waals surface area contributed by atoms with Gasteiger partial charge in [0.25, 0.3) is 5.69 Å². The first-order chi connectivity index (χ1) is 9.08. The Morgan fingerprint density at radius 3 is 2.95 bits per heavy atom. The van der Waals surface area contributed by atoms with E-state index in [9.17, 15) is 10.1 Å². The van der Waals surface area contributed by atoms with Crippen molar-refractivity contribution in [3.05, 3.63) is 32.3 Å². The van der Waals surface area contributed by atoms with Crippen molar-refractivity contribution in [1.29, 1.82) is 0 Å². The van der Waals surface area contributed by atoms with Crippen LogP contribution in [0, 0.1) is 17.0 Å². The van der Waals surface area contributed by atoms with Crippen molar-refractivity contribution in [1.82, 2.24) is 0 Å². The van der Waals surface area contributed by atoms with Crippen LogP contribution in [-0.4, -0.2) is 24.2 Å². The highest BCUT2D eigenvalue weighted by Gasteiger charge is 2.16. The topological polar surface area (TPSA) is 64.4 Å². The van der Waals surface area contributed by atoms with Gasteiger partial charge in [0.05, 0.1) is 11.0 Å². The largest absolute Gasteiger partial charge is 0.382 e. The minimum absolute atomic E-state index is 0.131. The molecule has 5 nitrogen and oxygen atoms in total. The van der Waals surface area contributed by atoms with Crippen LogP contribution in [0.4, 0.5) is 11.4 Å². The third kappa shape index (κ3) is 3.67. The fraction of sp³-hybridized carbons (Fsp3) is 0.538. The number of ether oxygens (including phenoxy) is 1. The van der Waals surface area contributed by atoms with Crippen molar-refractivity contribution in [2.24, 2.45) is 0 Å². The number of hydrogen-bond donors (Lipinski definition) is 1. The maximum atomic E-state index is 10.8. The van der Waals surface area contributed by atoms with Crippen molar-refractivity contribution in [3.63, 3.8) is 0 Å². The van der Waals surface area contributed by atoms with E-state index in [4.69, 9.17) is 4.74 Å². The fourth-order valence-electron chi connectivity index (χ4n) is 2.20. The molecule has 0 spiro atoms. The number of nitrogens with zero attached hydrogens (tertiary/aromatic N) is 1. The molecule has 1 N–H and O–H groups in total. The van der Waals surface area contributed by atoms with Gasteiger partial charge in [-0.2, -0.15) is 0 Å². The molecule has 1 aromatic rings. The molecule has 1 atom stereocenters. The van der Waals surface area contributed by atoms with Crippen molar-refractivity contribution in [3.8, 4) is 0 Å². The molecule has 0 aliphatic carbocycles. The fourth-order valence-corrected chi connectivity index (χ4v) is 2.67. The van der Waals surface area contributed by atoms with Gasteiger partial charge in [-0.25, -0.2) is 0 Å². The lowest BCUT2D eigenvalue weighted by atomic mass is 10.1. The third-order valence-corrected chi connectivity index (χ3v) is 3.93. The molecule has 1 aliphatic rings. The maximum absolute atomic E-state index is 10.8. The molecule has 1 heterocycles. The second kappa shape index (κ2) is 6.34. The third-order valence-electron chi connectivity index (χ3n) is 3.28. The summed E-state index contributed by atoms with van der Waals surface area (Å²) in [7, 11) is 0. The van der Waals surface area contributed by atoms with Gasteiger partial charge in [-0.1, -0.05) is 0 Å². The number of nitro benzene ring substituents is 1. The minimum Gasteiger partial charge on any atom is -0.382 e. The van der Waals surface area contributed by atoms with Crippen molar-refractivity contribution >= 4 is 27.3 Å². The molecule has 2 rings (SSSR count). The number of nitro groups is 1. The molecule has 0 amide bonds. The number of aryl methyl sites for hydroxylation is 1. The predicted molar refractivity (Wildman–Crippen MR) is 77.6 cm³/mol. The lowest BCUT2D eigenvalue weighted by Crippen LogP contribution is -2.27. The van der Waals surface area contributed by atoms with Crippen LogP contribution >= 0.6 is 15.9 Å². The van der Waals surface area contributed by atoms with Gasteiger partial charge in [-0.05, 0) is 48.2 Å². The highest BCUT2D eigenvalue weighted by Crippen LogP contribution is 2.30. The normalized spacial score (nSPS) is 19.2. The van der Waals surface area contributed by atoms with E-state index in [2.05, 4.69) is 21.2 Å². The van der Waals surface area contributed by atoms with Crippen molar-refractivity contribution in [2.45, 2.75) is 32.3 Å². The molecule has 1 saturated heterocycles. The summed E-state index contributed by atoms with van der Waals surface area (Å²) < 4.78 is 6.35. The second-order valence-electron chi connectivity index (χ2n) is 4.75. The average Bonchev–Trinajstić information content (AvgIpc) is 2.40. The Morgan fingerprint density at radius 2 is 2.32 bits per heavy atom. The molecule has 1 aromatic carbocycles. The molecule has 0 bridgehead atoms. The summed E-state index contributed by atoms with van der Waals surface area (Å²) >= 11 is 3.37. The Morgan fingerprint density at radius 1 is 1.53 bits per heavy atom. The van der Waals surface area contributed by atoms with Gasteiger partial charge in [0.2, 0.25) is 0 Å². The summed E-state index contributed by atoms with van der Waals surface area (Å²) in [6.07, 6.45) is 3.64. The number of anilines is 1. The number of nitrogens with one attached hydrogen (secondary N) is 1. The Bertz CT molecular complexity index is 473. The zero-order valence-corrected chi connectivity index (χ0v) is 12.4. The van der Waals surface area contributed by atoms with Crippen LogP contribution in [0.25, 0.3) is 0 Å². The van der Waals surface area contributed by atoms with Crippen molar-refractivity contribution in [2.75, 3.05) is 18.5 Å². The van der Waals surface area contributed by atoms with Crippen LogP contribution in [0.3, 0.4) is 0 Å². The van der Waals surface area contributed by atoms with Gasteiger partial charge in [0.1, 0.15) is 0 Å². The lowest BCUT2D eigenvalue weighted by molar-refractivity contribution is -0.385. The van der Waals surface area contributed by atoms with Gasteiger partial charge >= 0.3 is 0 Å². The summed E-state index contributed by atoms with van der Waals surface area (Å²) in [5.41, 5.74) is 1.66. The Kier molecular flexibility index (Phi) is 4.76. The zero-order chi connectivity index (χ0) is 13.8. The summed E-state index contributed by atoms with van der Waals surface area (Å²) in [4.78, 5) is 10.5. The Balaban J connectivity index is 2.04. The molecule has 104 valence electrons. The van der Waals surface area contributed by atoms with Crippen LogP contribution in [0.15, 0.2) is 16.6 Å². The van der Waals surface area contributed by atoms with Gasteiger partial charge in [-0.15, -0.1) is 0 Å². The molecule has 1 fully saturated rings. The molecule has 1 aliphatic heterocycles. The highest BCUT2D eigenvalue weighted by atomic mass is 79.9. The standard InChI is InChI=1S/C13H17BrN2O3/c1-9-6-12(11(14)7-13(9)16(17)18)15-8-10-4-2-3-5-19-10/h6-7,10,15H,2-5,8H2,1H3. The first-order valence-corrected chi connectivity index (χ1v) is 7.17. The monoisotopic (exact) mass is 328 g/mol. The molecular formula is C13H17BrN2O3. The summed E-state index contributed by atoms with van der Waals surface area (Å²) in [5.74, 6) is 0. The summed E-state index contributed by atoms with van der Waals surface area (Å²) in [6, 6.07) is 3.34. The van der Waals surface area contributed by atoms with E-state index in [0.29, 0.717) is 10.0 Å². The average molecular weight is 329 g/mol. The first-order valence-electron chi connectivity index (χ1n) is 6.38. The quantitative estimate of drug-likeness (QED) is 0.676. The second-order valence-corrected chi connectivity index (χ2v) is 5.60. The van der Waals surface area contributed by atoms with Gasteiger partial charge < -0.3 is 10.1 Å². The van der Waals surface area contributed by atoms with Gasteiger partial charge in [0.15, 0.2) is 0 Å². The first kappa shape index (κ1) is 14.3. The maximum Gasteiger partial charge on any atom is 0.273 e.